The molecule has 0 amide bonds. The molecule has 1 aromatic rings. The normalized spacial score (nSPS) is 12.9. The minimum absolute atomic E-state index is 0.639. The minimum atomic E-state index is 0.639. The molecular weight excluding hydrogens is 226 g/mol. The van der Waals surface area contributed by atoms with E-state index in [0.717, 1.165) is 12.5 Å². The molecular formula is C15H25NS. The van der Waals surface area contributed by atoms with E-state index in [2.05, 4.69) is 56.4 Å². The van der Waals surface area contributed by atoms with Crippen molar-refractivity contribution in [3.63, 3.8) is 0 Å². The second kappa shape index (κ2) is 8.60. The third-order valence-electron chi connectivity index (χ3n) is 3.26. The summed E-state index contributed by atoms with van der Waals surface area (Å²) >= 11 is 1.97. The van der Waals surface area contributed by atoms with E-state index in [1.165, 1.54) is 23.5 Å². The maximum Gasteiger partial charge on any atom is 0.0189 e. The third kappa shape index (κ3) is 5.13. The monoisotopic (exact) mass is 251 g/mol. The molecule has 1 atom stereocenters. The number of benzene rings is 1. The third-order valence-corrected chi connectivity index (χ3v) is 4.39. The van der Waals surface area contributed by atoms with Gasteiger partial charge in [0.1, 0.15) is 0 Å². The predicted octanol–water partition coefficient (Wildman–Crippen LogP) is 4.19. The smallest absolute Gasteiger partial charge is 0.0189 e. The fraction of sp³-hybridized carbons (Fsp3) is 0.600. The molecule has 0 aromatic heterocycles. The van der Waals surface area contributed by atoms with Crippen molar-refractivity contribution in [2.24, 2.45) is 5.92 Å². The van der Waals surface area contributed by atoms with Gasteiger partial charge in [0.2, 0.25) is 0 Å². The predicted molar refractivity (Wildman–Crippen MR) is 78.7 cm³/mol. The van der Waals surface area contributed by atoms with Crippen LogP contribution >= 0.6 is 11.8 Å². The molecule has 1 N–H and O–H groups in total. The minimum Gasteiger partial charge on any atom is -0.313 e. The van der Waals surface area contributed by atoms with E-state index in [9.17, 15) is 0 Å². The SMILES string of the molecule is CCNC(CSc1ccccc1)C(CC)CC. The number of hydrogen-bond donors (Lipinski definition) is 1. The van der Waals surface area contributed by atoms with Crippen LogP contribution in [0.5, 0.6) is 0 Å². The van der Waals surface area contributed by atoms with Gasteiger partial charge in [0.15, 0.2) is 0 Å². The van der Waals surface area contributed by atoms with Crippen LogP contribution in [0.15, 0.2) is 35.2 Å². The van der Waals surface area contributed by atoms with Crippen molar-refractivity contribution in [2.75, 3.05) is 12.3 Å². The number of hydrogen-bond acceptors (Lipinski definition) is 2. The van der Waals surface area contributed by atoms with E-state index in [1.807, 2.05) is 11.8 Å². The van der Waals surface area contributed by atoms with Crippen LogP contribution in [0, 0.1) is 5.92 Å². The summed E-state index contributed by atoms with van der Waals surface area (Å²) in [5.74, 6) is 1.97. The first-order chi connectivity index (χ1) is 8.31. The molecule has 0 radical (unpaired) electrons. The Morgan fingerprint density at radius 3 is 2.24 bits per heavy atom. The van der Waals surface area contributed by atoms with Crippen molar-refractivity contribution in [1.29, 1.82) is 0 Å². The van der Waals surface area contributed by atoms with Crippen molar-refractivity contribution < 1.29 is 0 Å². The van der Waals surface area contributed by atoms with Crippen LogP contribution in [-0.4, -0.2) is 18.3 Å². The molecule has 0 saturated carbocycles. The largest absolute Gasteiger partial charge is 0.313 e. The first kappa shape index (κ1) is 14.6. The van der Waals surface area contributed by atoms with E-state index in [0.29, 0.717) is 6.04 Å². The molecule has 1 nitrogen and oxygen atoms in total. The molecule has 0 heterocycles. The molecule has 1 unspecified atom stereocenters. The summed E-state index contributed by atoms with van der Waals surface area (Å²) in [5, 5.41) is 3.63. The fourth-order valence-corrected chi connectivity index (χ4v) is 3.30. The van der Waals surface area contributed by atoms with Crippen LogP contribution in [0.3, 0.4) is 0 Å². The van der Waals surface area contributed by atoms with Crippen LogP contribution < -0.4 is 5.32 Å². The summed E-state index contributed by atoms with van der Waals surface area (Å²) in [4.78, 5) is 1.38. The standard InChI is InChI=1S/C15H25NS/c1-4-13(5-2)15(16-6-3)12-17-14-10-8-7-9-11-14/h7-11,13,15-16H,4-6,12H2,1-3H3. The van der Waals surface area contributed by atoms with Gasteiger partial charge in [0.25, 0.3) is 0 Å². The molecule has 0 aliphatic rings. The van der Waals surface area contributed by atoms with Gasteiger partial charge in [-0.15, -0.1) is 11.8 Å². The van der Waals surface area contributed by atoms with Gasteiger partial charge in [0.05, 0.1) is 0 Å². The average Bonchev–Trinajstić information content (AvgIpc) is 2.38. The number of nitrogens with one attached hydrogen (secondary N) is 1. The summed E-state index contributed by atoms with van der Waals surface area (Å²) in [6.07, 6.45) is 2.53. The van der Waals surface area contributed by atoms with E-state index in [-0.39, 0.29) is 0 Å². The quantitative estimate of drug-likeness (QED) is 0.695. The van der Waals surface area contributed by atoms with Gasteiger partial charge in [-0.05, 0) is 24.6 Å². The highest BCUT2D eigenvalue weighted by atomic mass is 32.2. The van der Waals surface area contributed by atoms with Crippen LogP contribution in [0.25, 0.3) is 0 Å². The van der Waals surface area contributed by atoms with Crippen molar-refractivity contribution in [1.82, 2.24) is 5.32 Å². The zero-order valence-electron chi connectivity index (χ0n) is 11.3. The first-order valence-corrected chi connectivity index (χ1v) is 7.71. The summed E-state index contributed by atoms with van der Waals surface area (Å²) < 4.78 is 0. The highest BCUT2D eigenvalue weighted by Gasteiger charge is 2.17. The summed E-state index contributed by atoms with van der Waals surface area (Å²) in [6, 6.07) is 11.3. The molecule has 1 aromatic carbocycles. The number of thioether (sulfide) groups is 1. The van der Waals surface area contributed by atoms with Crippen molar-refractivity contribution in [3.05, 3.63) is 30.3 Å². The van der Waals surface area contributed by atoms with E-state index in [1.54, 1.807) is 0 Å². The molecule has 0 aliphatic carbocycles. The Bertz CT molecular complexity index is 282. The van der Waals surface area contributed by atoms with Gasteiger partial charge in [-0.25, -0.2) is 0 Å². The molecule has 0 saturated heterocycles. The lowest BCUT2D eigenvalue weighted by atomic mass is 9.95. The molecule has 0 aliphatic heterocycles. The van der Waals surface area contributed by atoms with Crippen LogP contribution in [0.1, 0.15) is 33.6 Å². The highest BCUT2D eigenvalue weighted by Crippen LogP contribution is 2.23. The second-order valence-corrected chi connectivity index (χ2v) is 5.46. The lowest BCUT2D eigenvalue weighted by molar-refractivity contribution is 0.365. The maximum absolute atomic E-state index is 3.63. The molecule has 1 rings (SSSR count). The highest BCUT2D eigenvalue weighted by molar-refractivity contribution is 7.99. The Labute approximate surface area is 110 Å². The summed E-state index contributed by atoms with van der Waals surface area (Å²) in [6.45, 7) is 7.86. The van der Waals surface area contributed by atoms with Crippen molar-refractivity contribution in [2.45, 2.75) is 44.6 Å². The van der Waals surface area contributed by atoms with Gasteiger partial charge >= 0.3 is 0 Å². The van der Waals surface area contributed by atoms with Crippen LogP contribution in [0.4, 0.5) is 0 Å². The summed E-state index contributed by atoms with van der Waals surface area (Å²) in [5.41, 5.74) is 0. The van der Waals surface area contributed by atoms with Crippen LogP contribution in [0.2, 0.25) is 0 Å². The first-order valence-electron chi connectivity index (χ1n) is 6.73. The summed E-state index contributed by atoms with van der Waals surface area (Å²) in [7, 11) is 0. The Hall–Kier alpha value is -0.470. The van der Waals surface area contributed by atoms with Gasteiger partial charge in [-0.2, -0.15) is 0 Å². The molecule has 0 bridgehead atoms. The van der Waals surface area contributed by atoms with Crippen molar-refractivity contribution >= 4 is 11.8 Å². The van der Waals surface area contributed by atoms with E-state index < -0.39 is 0 Å². The molecule has 96 valence electrons. The zero-order valence-corrected chi connectivity index (χ0v) is 12.1. The van der Waals surface area contributed by atoms with Gasteiger partial charge in [-0.1, -0.05) is 51.8 Å². The van der Waals surface area contributed by atoms with Crippen LogP contribution in [-0.2, 0) is 0 Å². The Morgan fingerprint density at radius 1 is 1.06 bits per heavy atom. The Morgan fingerprint density at radius 2 is 1.71 bits per heavy atom. The lowest BCUT2D eigenvalue weighted by Gasteiger charge is -2.25. The maximum atomic E-state index is 3.63. The van der Waals surface area contributed by atoms with Crippen molar-refractivity contribution in [3.8, 4) is 0 Å². The Balaban J connectivity index is 2.49. The second-order valence-electron chi connectivity index (χ2n) is 4.36. The van der Waals surface area contributed by atoms with E-state index >= 15 is 0 Å². The number of rotatable bonds is 8. The van der Waals surface area contributed by atoms with Gasteiger partial charge in [0, 0.05) is 16.7 Å². The zero-order chi connectivity index (χ0) is 12.5. The molecule has 17 heavy (non-hydrogen) atoms. The average molecular weight is 251 g/mol. The lowest BCUT2D eigenvalue weighted by Crippen LogP contribution is -2.37. The fourth-order valence-electron chi connectivity index (χ4n) is 2.18. The van der Waals surface area contributed by atoms with E-state index in [4.69, 9.17) is 0 Å². The molecule has 2 heteroatoms. The Kier molecular flexibility index (Phi) is 7.38. The molecule has 0 fully saturated rings. The molecule has 0 spiro atoms. The topological polar surface area (TPSA) is 12.0 Å². The van der Waals surface area contributed by atoms with Gasteiger partial charge < -0.3 is 5.32 Å². The van der Waals surface area contributed by atoms with Gasteiger partial charge in [-0.3, -0.25) is 0 Å².